The SMILES string of the molecule is Cc1[nH]c2ccccc2c1C(=O)C(=O)N1CCC(CO)(C(F)(F)F)CC1. The lowest BCUT2D eigenvalue weighted by Crippen LogP contribution is -2.52. The number of carbonyl (C=O) groups is 2. The normalized spacial score (nSPS) is 17.5. The van der Waals surface area contributed by atoms with Crippen molar-refractivity contribution >= 4 is 22.6 Å². The van der Waals surface area contributed by atoms with Crippen molar-refractivity contribution < 1.29 is 27.9 Å². The molecule has 3 rings (SSSR count). The highest BCUT2D eigenvalue weighted by Gasteiger charge is 2.55. The number of aromatic nitrogens is 1. The van der Waals surface area contributed by atoms with E-state index in [9.17, 15) is 27.9 Å². The Hall–Kier alpha value is -2.35. The summed E-state index contributed by atoms with van der Waals surface area (Å²) < 4.78 is 39.6. The number of fused-ring (bicyclic) bond motifs is 1. The number of alkyl halides is 3. The monoisotopic (exact) mass is 368 g/mol. The molecule has 1 aromatic heterocycles. The molecular formula is C18H19F3N2O3. The number of nitrogens with one attached hydrogen (secondary N) is 1. The number of carbonyl (C=O) groups excluding carboxylic acids is 2. The van der Waals surface area contributed by atoms with Gasteiger partial charge in [-0.3, -0.25) is 9.59 Å². The number of hydrogen-bond donors (Lipinski definition) is 2. The van der Waals surface area contributed by atoms with E-state index < -0.39 is 42.7 Å². The Labute approximate surface area is 147 Å². The number of benzene rings is 1. The Kier molecular flexibility index (Phi) is 4.56. The first kappa shape index (κ1) is 18.4. The van der Waals surface area contributed by atoms with Gasteiger partial charge in [-0.05, 0) is 25.8 Å². The lowest BCUT2D eigenvalue weighted by Gasteiger charge is -2.41. The standard InChI is InChI=1S/C18H19F3N2O3/c1-11-14(12-4-2-3-5-13(12)22-11)15(25)16(26)23-8-6-17(10-24,7-9-23)18(19,20)21/h2-5,22,24H,6-10H2,1H3. The molecule has 1 aliphatic heterocycles. The smallest absolute Gasteiger partial charge is 0.395 e. The van der Waals surface area contributed by atoms with Crippen molar-refractivity contribution in [3.63, 3.8) is 0 Å². The number of likely N-dealkylation sites (tertiary alicyclic amines) is 1. The molecule has 26 heavy (non-hydrogen) atoms. The maximum absolute atomic E-state index is 13.2. The van der Waals surface area contributed by atoms with E-state index in [4.69, 9.17) is 0 Å². The van der Waals surface area contributed by atoms with Crippen LogP contribution in [0.4, 0.5) is 13.2 Å². The number of aliphatic hydroxyl groups excluding tert-OH is 1. The van der Waals surface area contributed by atoms with Gasteiger partial charge in [-0.15, -0.1) is 0 Å². The number of H-pyrrole nitrogens is 1. The number of aryl methyl sites for hydroxylation is 1. The number of aliphatic hydroxyl groups is 1. The summed E-state index contributed by atoms with van der Waals surface area (Å²) in [7, 11) is 0. The van der Waals surface area contributed by atoms with Gasteiger partial charge in [0, 0.05) is 29.7 Å². The van der Waals surface area contributed by atoms with Gasteiger partial charge in [0.2, 0.25) is 0 Å². The quantitative estimate of drug-likeness (QED) is 0.646. The molecule has 0 aliphatic carbocycles. The highest BCUT2D eigenvalue weighted by molar-refractivity contribution is 6.45. The molecule has 0 radical (unpaired) electrons. The summed E-state index contributed by atoms with van der Waals surface area (Å²) in [5.41, 5.74) is -0.693. The van der Waals surface area contributed by atoms with Gasteiger partial charge < -0.3 is 15.0 Å². The predicted octanol–water partition coefficient (Wildman–Crippen LogP) is 2.82. The topological polar surface area (TPSA) is 73.4 Å². The Morgan fingerprint density at radius 1 is 1.23 bits per heavy atom. The van der Waals surface area contributed by atoms with Gasteiger partial charge in [0.15, 0.2) is 0 Å². The van der Waals surface area contributed by atoms with Crippen molar-refractivity contribution in [2.75, 3.05) is 19.7 Å². The van der Waals surface area contributed by atoms with Gasteiger partial charge >= 0.3 is 6.18 Å². The third-order valence-electron chi connectivity index (χ3n) is 5.23. The second kappa shape index (κ2) is 6.42. The van der Waals surface area contributed by atoms with Crippen molar-refractivity contribution in [2.45, 2.75) is 25.9 Å². The zero-order valence-corrected chi connectivity index (χ0v) is 14.2. The summed E-state index contributed by atoms with van der Waals surface area (Å²) in [5.74, 6) is -1.55. The summed E-state index contributed by atoms with van der Waals surface area (Å²) in [6.07, 6.45) is -5.38. The minimum Gasteiger partial charge on any atom is -0.395 e. The zero-order chi connectivity index (χ0) is 19.1. The number of halogens is 3. The first-order chi connectivity index (χ1) is 12.2. The molecule has 140 valence electrons. The predicted molar refractivity (Wildman–Crippen MR) is 88.8 cm³/mol. The van der Waals surface area contributed by atoms with Crippen LogP contribution in [0.3, 0.4) is 0 Å². The van der Waals surface area contributed by atoms with E-state index in [0.29, 0.717) is 11.1 Å². The van der Waals surface area contributed by atoms with Crippen LogP contribution >= 0.6 is 0 Å². The fourth-order valence-corrected chi connectivity index (χ4v) is 3.49. The average Bonchev–Trinajstić information content (AvgIpc) is 2.95. The Morgan fingerprint density at radius 3 is 2.42 bits per heavy atom. The molecule has 2 aromatic rings. The largest absolute Gasteiger partial charge is 0.396 e. The highest BCUT2D eigenvalue weighted by atomic mass is 19.4. The van der Waals surface area contributed by atoms with Gasteiger partial charge in [0.05, 0.1) is 17.6 Å². The number of ketones is 1. The van der Waals surface area contributed by atoms with Gasteiger partial charge in [0.1, 0.15) is 0 Å². The van der Waals surface area contributed by atoms with Crippen LogP contribution in [-0.4, -0.2) is 52.6 Å². The molecule has 2 N–H and O–H groups in total. The molecule has 1 aromatic carbocycles. The van der Waals surface area contributed by atoms with Gasteiger partial charge in [-0.25, -0.2) is 0 Å². The number of nitrogens with zero attached hydrogens (tertiary/aromatic N) is 1. The molecule has 1 saturated heterocycles. The van der Waals surface area contributed by atoms with E-state index >= 15 is 0 Å². The average molecular weight is 368 g/mol. The Morgan fingerprint density at radius 2 is 1.85 bits per heavy atom. The Bertz CT molecular complexity index is 849. The molecule has 1 aliphatic rings. The zero-order valence-electron chi connectivity index (χ0n) is 14.2. The van der Waals surface area contributed by atoms with Crippen LogP contribution < -0.4 is 0 Å². The maximum atomic E-state index is 13.2. The molecule has 2 heterocycles. The van der Waals surface area contributed by atoms with Crippen molar-refractivity contribution in [3.8, 4) is 0 Å². The van der Waals surface area contributed by atoms with Crippen LogP contribution in [0.15, 0.2) is 24.3 Å². The molecule has 0 spiro atoms. The lowest BCUT2D eigenvalue weighted by molar-refractivity contribution is -0.248. The van der Waals surface area contributed by atoms with Crippen LogP contribution in [0.25, 0.3) is 10.9 Å². The lowest BCUT2D eigenvalue weighted by atomic mass is 9.78. The molecule has 0 atom stereocenters. The van der Waals surface area contributed by atoms with Gasteiger partial charge in [-0.1, -0.05) is 18.2 Å². The fourth-order valence-electron chi connectivity index (χ4n) is 3.49. The van der Waals surface area contributed by atoms with E-state index in [1.807, 2.05) is 0 Å². The number of rotatable bonds is 3. The van der Waals surface area contributed by atoms with Crippen molar-refractivity contribution in [2.24, 2.45) is 5.41 Å². The number of piperidine rings is 1. The van der Waals surface area contributed by atoms with Crippen LogP contribution in [0.5, 0.6) is 0 Å². The molecule has 5 nitrogen and oxygen atoms in total. The van der Waals surface area contributed by atoms with Crippen molar-refractivity contribution in [1.29, 1.82) is 0 Å². The first-order valence-electron chi connectivity index (χ1n) is 8.29. The minimum absolute atomic E-state index is 0.216. The first-order valence-corrected chi connectivity index (χ1v) is 8.29. The molecule has 1 fully saturated rings. The second-order valence-electron chi connectivity index (χ2n) is 6.73. The fraction of sp³-hybridized carbons (Fsp3) is 0.444. The summed E-state index contributed by atoms with van der Waals surface area (Å²) >= 11 is 0. The Balaban J connectivity index is 1.80. The summed E-state index contributed by atoms with van der Waals surface area (Å²) in [4.78, 5) is 29.4. The third-order valence-corrected chi connectivity index (χ3v) is 5.23. The molecular weight excluding hydrogens is 349 g/mol. The number of hydrogen-bond acceptors (Lipinski definition) is 3. The maximum Gasteiger partial charge on any atom is 0.396 e. The summed E-state index contributed by atoms with van der Waals surface area (Å²) in [6, 6.07) is 7.04. The molecule has 0 saturated carbocycles. The van der Waals surface area contributed by atoms with Gasteiger partial charge in [-0.2, -0.15) is 13.2 Å². The van der Waals surface area contributed by atoms with Crippen molar-refractivity contribution in [3.05, 3.63) is 35.5 Å². The van der Waals surface area contributed by atoms with Crippen LogP contribution in [0, 0.1) is 12.3 Å². The van der Waals surface area contributed by atoms with Gasteiger partial charge in [0.25, 0.3) is 11.7 Å². The third kappa shape index (κ3) is 2.88. The minimum atomic E-state index is -4.55. The number of para-hydroxylation sites is 1. The number of aromatic amines is 1. The van der Waals surface area contributed by atoms with Crippen LogP contribution in [0.2, 0.25) is 0 Å². The number of amides is 1. The van der Waals surface area contributed by atoms with E-state index in [1.54, 1.807) is 31.2 Å². The van der Waals surface area contributed by atoms with E-state index in [1.165, 1.54) is 0 Å². The highest BCUT2D eigenvalue weighted by Crippen LogP contribution is 2.45. The molecule has 0 unspecified atom stereocenters. The molecule has 8 heteroatoms. The van der Waals surface area contributed by atoms with Crippen molar-refractivity contribution in [1.82, 2.24) is 9.88 Å². The molecule has 1 amide bonds. The number of Topliss-reactive ketones (excluding diaryl/α,β-unsaturated/α-hetero) is 1. The van der Waals surface area contributed by atoms with Crippen LogP contribution in [0.1, 0.15) is 28.9 Å². The van der Waals surface area contributed by atoms with E-state index in [2.05, 4.69) is 4.98 Å². The van der Waals surface area contributed by atoms with E-state index in [-0.39, 0.29) is 18.7 Å². The van der Waals surface area contributed by atoms with Crippen LogP contribution in [-0.2, 0) is 4.79 Å². The van der Waals surface area contributed by atoms with E-state index in [0.717, 1.165) is 10.4 Å². The molecule has 0 bridgehead atoms. The second-order valence-corrected chi connectivity index (χ2v) is 6.73. The summed E-state index contributed by atoms with van der Waals surface area (Å²) in [5, 5.41) is 9.83. The summed E-state index contributed by atoms with van der Waals surface area (Å²) in [6.45, 7) is 0.225.